The fraction of sp³-hybridized carbons (Fsp3) is 0.182. The summed E-state index contributed by atoms with van der Waals surface area (Å²) in [6, 6.07) is 12.6. The number of carbonyl (C=O) groups excluding carboxylic acids is 2. The van der Waals surface area contributed by atoms with Crippen molar-refractivity contribution in [2.24, 2.45) is 0 Å². The predicted octanol–water partition coefficient (Wildman–Crippen LogP) is 2.85. The number of pyridine rings is 2. The predicted molar refractivity (Wildman–Crippen MR) is 111 cm³/mol. The molecular formula is C22H21N5O2. The molecule has 0 aliphatic rings. The number of nitrogens with zero attached hydrogens (tertiary/aromatic N) is 2. The SMILES string of the molecule is Cc1nc(C(=O)NC(C)C(=O)NCc2ccncc2)cc2c1[nH]c1ccccc12. The number of fused-ring (bicyclic) bond motifs is 3. The Labute approximate surface area is 167 Å². The summed E-state index contributed by atoms with van der Waals surface area (Å²) in [5.41, 5.74) is 3.86. The molecule has 4 aromatic rings. The number of hydrogen-bond acceptors (Lipinski definition) is 4. The molecular weight excluding hydrogens is 366 g/mol. The van der Waals surface area contributed by atoms with E-state index < -0.39 is 6.04 Å². The minimum Gasteiger partial charge on any atom is -0.353 e. The van der Waals surface area contributed by atoms with Crippen molar-refractivity contribution in [3.8, 4) is 0 Å². The van der Waals surface area contributed by atoms with Gasteiger partial charge in [0.05, 0.1) is 11.2 Å². The summed E-state index contributed by atoms with van der Waals surface area (Å²) in [7, 11) is 0. The Hall–Kier alpha value is -3.74. The number of H-pyrrole nitrogens is 1. The van der Waals surface area contributed by atoms with Gasteiger partial charge in [-0.2, -0.15) is 0 Å². The third-order valence-electron chi connectivity index (χ3n) is 4.87. The zero-order valence-corrected chi connectivity index (χ0v) is 16.2. The van der Waals surface area contributed by atoms with Gasteiger partial charge in [0.15, 0.2) is 0 Å². The average Bonchev–Trinajstić information content (AvgIpc) is 3.12. The van der Waals surface area contributed by atoms with Gasteiger partial charge in [0.1, 0.15) is 11.7 Å². The van der Waals surface area contributed by atoms with Crippen molar-refractivity contribution in [1.82, 2.24) is 25.6 Å². The molecule has 0 saturated heterocycles. The van der Waals surface area contributed by atoms with Gasteiger partial charge in [-0.1, -0.05) is 18.2 Å². The molecule has 0 spiro atoms. The van der Waals surface area contributed by atoms with E-state index in [1.807, 2.05) is 43.3 Å². The minimum absolute atomic E-state index is 0.264. The lowest BCUT2D eigenvalue weighted by atomic mass is 10.1. The number of amides is 2. The van der Waals surface area contributed by atoms with Gasteiger partial charge >= 0.3 is 0 Å². The molecule has 0 aliphatic heterocycles. The smallest absolute Gasteiger partial charge is 0.270 e. The lowest BCUT2D eigenvalue weighted by Gasteiger charge is -2.14. The van der Waals surface area contributed by atoms with Gasteiger partial charge in [-0.3, -0.25) is 14.6 Å². The van der Waals surface area contributed by atoms with E-state index in [4.69, 9.17) is 0 Å². The fourth-order valence-electron chi connectivity index (χ4n) is 3.30. The van der Waals surface area contributed by atoms with Gasteiger partial charge in [0.2, 0.25) is 5.91 Å². The van der Waals surface area contributed by atoms with Crippen molar-refractivity contribution in [2.75, 3.05) is 0 Å². The molecule has 1 atom stereocenters. The quantitative estimate of drug-likeness (QED) is 0.490. The van der Waals surface area contributed by atoms with Gasteiger partial charge in [-0.25, -0.2) is 4.98 Å². The molecule has 7 heteroatoms. The third kappa shape index (κ3) is 3.80. The normalized spacial score (nSPS) is 12.1. The first-order valence-corrected chi connectivity index (χ1v) is 9.38. The Morgan fingerprint density at radius 3 is 2.66 bits per heavy atom. The van der Waals surface area contributed by atoms with E-state index in [0.29, 0.717) is 6.54 Å². The maximum atomic E-state index is 12.7. The maximum absolute atomic E-state index is 12.7. The number of aryl methyl sites for hydroxylation is 1. The van der Waals surface area contributed by atoms with E-state index in [1.165, 1.54) is 0 Å². The van der Waals surface area contributed by atoms with Crippen LogP contribution in [0.15, 0.2) is 54.9 Å². The minimum atomic E-state index is -0.690. The lowest BCUT2D eigenvalue weighted by Crippen LogP contribution is -2.44. The topological polar surface area (TPSA) is 99.8 Å². The lowest BCUT2D eigenvalue weighted by molar-refractivity contribution is -0.122. The monoisotopic (exact) mass is 387 g/mol. The van der Waals surface area contributed by atoms with Crippen LogP contribution in [0.1, 0.15) is 28.7 Å². The highest BCUT2D eigenvalue weighted by atomic mass is 16.2. The number of hydrogen-bond donors (Lipinski definition) is 3. The van der Waals surface area contributed by atoms with Crippen LogP contribution in [-0.4, -0.2) is 32.8 Å². The first kappa shape index (κ1) is 18.6. The highest BCUT2D eigenvalue weighted by Crippen LogP contribution is 2.27. The van der Waals surface area contributed by atoms with Crippen LogP contribution in [0, 0.1) is 6.92 Å². The van der Waals surface area contributed by atoms with Gasteiger partial charge in [0.25, 0.3) is 5.91 Å². The van der Waals surface area contributed by atoms with Crippen molar-refractivity contribution in [3.05, 3.63) is 71.8 Å². The van der Waals surface area contributed by atoms with Gasteiger partial charge in [-0.05, 0) is 43.7 Å². The highest BCUT2D eigenvalue weighted by molar-refractivity contribution is 6.10. The van der Waals surface area contributed by atoms with E-state index in [2.05, 4.69) is 25.6 Å². The molecule has 2 amide bonds. The molecule has 3 heterocycles. The molecule has 0 aliphatic carbocycles. The Morgan fingerprint density at radius 1 is 1.10 bits per heavy atom. The number of carbonyl (C=O) groups is 2. The summed E-state index contributed by atoms with van der Waals surface area (Å²) >= 11 is 0. The summed E-state index contributed by atoms with van der Waals surface area (Å²) < 4.78 is 0. The number of para-hydroxylation sites is 1. The number of aromatic amines is 1. The van der Waals surface area contributed by atoms with Crippen LogP contribution >= 0.6 is 0 Å². The van der Waals surface area contributed by atoms with Crippen LogP contribution in [0.2, 0.25) is 0 Å². The van der Waals surface area contributed by atoms with E-state index in [0.717, 1.165) is 33.1 Å². The van der Waals surface area contributed by atoms with Crippen LogP contribution in [-0.2, 0) is 11.3 Å². The Morgan fingerprint density at radius 2 is 1.86 bits per heavy atom. The molecule has 1 aromatic carbocycles. The van der Waals surface area contributed by atoms with E-state index >= 15 is 0 Å². The molecule has 29 heavy (non-hydrogen) atoms. The molecule has 3 N–H and O–H groups in total. The highest BCUT2D eigenvalue weighted by Gasteiger charge is 2.19. The van der Waals surface area contributed by atoms with Crippen LogP contribution in [0.4, 0.5) is 0 Å². The number of aromatic nitrogens is 3. The molecule has 0 bridgehead atoms. The van der Waals surface area contributed by atoms with Crippen molar-refractivity contribution in [1.29, 1.82) is 0 Å². The second-order valence-electron chi connectivity index (χ2n) is 6.95. The number of rotatable bonds is 5. The molecule has 7 nitrogen and oxygen atoms in total. The van der Waals surface area contributed by atoms with Gasteiger partial charge in [0, 0.05) is 35.2 Å². The molecule has 4 rings (SSSR count). The zero-order chi connectivity index (χ0) is 20.4. The summed E-state index contributed by atoms with van der Waals surface area (Å²) in [6.07, 6.45) is 3.34. The number of benzene rings is 1. The molecule has 1 unspecified atom stereocenters. The summed E-state index contributed by atoms with van der Waals surface area (Å²) in [4.78, 5) is 36.8. The van der Waals surface area contributed by atoms with Crippen molar-refractivity contribution in [2.45, 2.75) is 26.4 Å². The summed E-state index contributed by atoms with van der Waals surface area (Å²) in [6.45, 7) is 3.89. The van der Waals surface area contributed by atoms with E-state index in [-0.39, 0.29) is 17.5 Å². The molecule has 0 saturated carbocycles. The Kier molecular flexibility index (Phi) is 4.95. The average molecular weight is 387 g/mol. The first-order chi connectivity index (χ1) is 14.0. The Balaban J connectivity index is 1.49. The van der Waals surface area contributed by atoms with Gasteiger partial charge < -0.3 is 15.6 Å². The second kappa shape index (κ2) is 7.71. The first-order valence-electron chi connectivity index (χ1n) is 9.38. The molecule has 0 radical (unpaired) electrons. The van der Waals surface area contributed by atoms with Crippen LogP contribution in [0.25, 0.3) is 21.8 Å². The van der Waals surface area contributed by atoms with Crippen molar-refractivity contribution >= 4 is 33.6 Å². The maximum Gasteiger partial charge on any atom is 0.270 e. The Bertz CT molecular complexity index is 1200. The second-order valence-corrected chi connectivity index (χ2v) is 6.95. The fourth-order valence-corrected chi connectivity index (χ4v) is 3.30. The van der Waals surface area contributed by atoms with Crippen LogP contribution < -0.4 is 10.6 Å². The molecule has 0 fully saturated rings. The van der Waals surface area contributed by atoms with Crippen molar-refractivity contribution < 1.29 is 9.59 Å². The van der Waals surface area contributed by atoms with E-state index in [9.17, 15) is 9.59 Å². The standard InChI is InChI=1S/C22H21N5O2/c1-13-20-17(16-5-3-4-6-18(16)27-20)11-19(25-13)22(29)26-14(2)21(28)24-12-15-7-9-23-10-8-15/h3-11,14,27H,12H2,1-2H3,(H,24,28)(H,26,29). The summed E-state index contributed by atoms with van der Waals surface area (Å²) in [5.74, 6) is -0.646. The molecule has 3 aromatic heterocycles. The summed E-state index contributed by atoms with van der Waals surface area (Å²) in [5, 5.41) is 7.51. The van der Waals surface area contributed by atoms with Crippen LogP contribution in [0.5, 0.6) is 0 Å². The van der Waals surface area contributed by atoms with Crippen LogP contribution in [0.3, 0.4) is 0 Å². The zero-order valence-electron chi connectivity index (χ0n) is 16.2. The largest absolute Gasteiger partial charge is 0.353 e. The van der Waals surface area contributed by atoms with Gasteiger partial charge in [-0.15, -0.1) is 0 Å². The van der Waals surface area contributed by atoms with Crippen molar-refractivity contribution in [3.63, 3.8) is 0 Å². The van der Waals surface area contributed by atoms with E-state index in [1.54, 1.807) is 25.4 Å². The third-order valence-corrected chi connectivity index (χ3v) is 4.87. The number of nitrogens with one attached hydrogen (secondary N) is 3. The molecule has 146 valence electrons.